The molecule has 1 unspecified atom stereocenters. The highest BCUT2D eigenvalue weighted by Crippen LogP contribution is 2.30. The number of imidazole rings is 1. The summed E-state index contributed by atoms with van der Waals surface area (Å²) in [5.74, 6) is 1.95. The number of likely N-dealkylation sites (tertiary alicyclic amines) is 1. The average Bonchev–Trinajstić information content (AvgIpc) is 3.20. The number of aromatic nitrogens is 2. The topological polar surface area (TPSA) is 47.4 Å². The minimum Gasteiger partial charge on any atom is -0.377 e. The maximum atomic E-state index is 12.5. The Balaban J connectivity index is 1.62. The van der Waals surface area contributed by atoms with E-state index in [9.17, 15) is 4.79 Å². The molecule has 1 saturated heterocycles. The van der Waals surface area contributed by atoms with E-state index >= 15 is 0 Å². The minimum absolute atomic E-state index is 0.347. The highest BCUT2D eigenvalue weighted by molar-refractivity contribution is 5.76. The summed E-state index contributed by atoms with van der Waals surface area (Å²) in [4.78, 5) is 19.0. The van der Waals surface area contributed by atoms with Crippen molar-refractivity contribution in [1.82, 2.24) is 14.5 Å². The monoisotopic (exact) mass is 305 g/mol. The van der Waals surface area contributed by atoms with Crippen molar-refractivity contribution in [3.63, 3.8) is 0 Å². The molecule has 1 aromatic heterocycles. The summed E-state index contributed by atoms with van der Waals surface area (Å²) in [6, 6.07) is 0.347. The van der Waals surface area contributed by atoms with Crippen molar-refractivity contribution in [2.75, 3.05) is 20.2 Å². The van der Waals surface area contributed by atoms with Crippen LogP contribution in [0, 0.1) is 12.8 Å². The van der Waals surface area contributed by atoms with Crippen LogP contribution in [0.15, 0.2) is 6.20 Å². The molecule has 1 amide bonds. The molecule has 0 N–H and O–H groups in total. The van der Waals surface area contributed by atoms with Crippen LogP contribution < -0.4 is 0 Å². The molecule has 0 bridgehead atoms. The second-order valence-corrected chi connectivity index (χ2v) is 6.76. The molecule has 22 heavy (non-hydrogen) atoms. The zero-order chi connectivity index (χ0) is 15.5. The van der Waals surface area contributed by atoms with Crippen LogP contribution in [0.25, 0.3) is 0 Å². The third-order valence-corrected chi connectivity index (χ3v) is 5.15. The van der Waals surface area contributed by atoms with Crippen LogP contribution in [0.5, 0.6) is 0 Å². The maximum absolute atomic E-state index is 12.5. The Morgan fingerprint density at radius 2 is 2.14 bits per heavy atom. The Labute approximate surface area is 132 Å². The number of ether oxygens (including phenoxy) is 1. The van der Waals surface area contributed by atoms with Crippen LogP contribution in [-0.4, -0.2) is 40.6 Å². The fourth-order valence-electron chi connectivity index (χ4n) is 4.00. The number of carbonyl (C=O) groups excluding carboxylic acids is 1. The molecular weight excluding hydrogens is 278 g/mol. The van der Waals surface area contributed by atoms with E-state index in [2.05, 4.69) is 21.4 Å². The lowest BCUT2D eigenvalue weighted by Gasteiger charge is -2.20. The van der Waals surface area contributed by atoms with Gasteiger partial charge in [-0.3, -0.25) is 4.79 Å². The van der Waals surface area contributed by atoms with E-state index in [0.717, 1.165) is 37.4 Å². The van der Waals surface area contributed by atoms with Crippen molar-refractivity contribution in [2.24, 2.45) is 5.92 Å². The standard InChI is InChI=1S/C17H27N3O2/c1-13-10-18-16(12-22-2)20(13)15-7-8-19(11-15)17(21)9-14-5-3-4-6-14/h10,14-15H,3-9,11-12H2,1-2H3. The molecule has 2 heterocycles. The van der Waals surface area contributed by atoms with E-state index in [1.54, 1.807) is 7.11 Å². The molecule has 0 aromatic carbocycles. The summed E-state index contributed by atoms with van der Waals surface area (Å²) in [6.07, 6.45) is 8.75. The second kappa shape index (κ2) is 6.82. The lowest BCUT2D eigenvalue weighted by atomic mass is 10.0. The molecule has 1 aliphatic carbocycles. The summed E-state index contributed by atoms with van der Waals surface area (Å²) in [7, 11) is 1.69. The molecular formula is C17H27N3O2. The van der Waals surface area contributed by atoms with Crippen LogP contribution in [-0.2, 0) is 16.1 Å². The average molecular weight is 305 g/mol. The van der Waals surface area contributed by atoms with Crippen LogP contribution in [0.4, 0.5) is 0 Å². The Kier molecular flexibility index (Phi) is 4.81. The van der Waals surface area contributed by atoms with Gasteiger partial charge in [0.1, 0.15) is 12.4 Å². The molecule has 122 valence electrons. The SMILES string of the molecule is COCc1ncc(C)n1C1CCN(C(=O)CC2CCCC2)C1. The summed E-state index contributed by atoms with van der Waals surface area (Å²) in [5, 5.41) is 0. The van der Waals surface area contributed by atoms with Gasteiger partial charge in [0.2, 0.25) is 5.91 Å². The lowest BCUT2D eigenvalue weighted by molar-refractivity contribution is -0.131. The van der Waals surface area contributed by atoms with E-state index in [0.29, 0.717) is 24.5 Å². The summed E-state index contributed by atoms with van der Waals surface area (Å²) >= 11 is 0. The number of carbonyl (C=O) groups is 1. The zero-order valence-corrected chi connectivity index (χ0v) is 13.8. The third-order valence-electron chi connectivity index (χ3n) is 5.15. The van der Waals surface area contributed by atoms with Gasteiger partial charge in [-0.25, -0.2) is 4.98 Å². The van der Waals surface area contributed by atoms with Crippen molar-refractivity contribution in [3.8, 4) is 0 Å². The van der Waals surface area contributed by atoms with Gasteiger partial charge in [-0.15, -0.1) is 0 Å². The molecule has 2 fully saturated rings. The predicted octanol–water partition coefficient (Wildman–Crippen LogP) is 2.69. The van der Waals surface area contributed by atoms with Gasteiger partial charge in [0.05, 0.1) is 6.04 Å². The zero-order valence-electron chi connectivity index (χ0n) is 13.8. The van der Waals surface area contributed by atoms with Crippen molar-refractivity contribution in [1.29, 1.82) is 0 Å². The normalized spacial score (nSPS) is 22.6. The summed E-state index contributed by atoms with van der Waals surface area (Å²) in [6.45, 7) is 4.30. The van der Waals surface area contributed by atoms with E-state index < -0.39 is 0 Å². The van der Waals surface area contributed by atoms with Gasteiger partial charge < -0.3 is 14.2 Å². The molecule has 1 aliphatic heterocycles. The van der Waals surface area contributed by atoms with Crippen LogP contribution in [0.1, 0.15) is 56.1 Å². The minimum atomic E-state index is 0.347. The molecule has 0 spiro atoms. The highest BCUT2D eigenvalue weighted by atomic mass is 16.5. The van der Waals surface area contributed by atoms with Gasteiger partial charge in [0, 0.05) is 38.5 Å². The maximum Gasteiger partial charge on any atom is 0.222 e. The fraction of sp³-hybridized carbons (Fsp3) is 0.765. The van der Waals surface area contributed by atoms with Gasteiger partial charge in [0.25, 0.3) is 0 Å². The van der Waals surface area contributed by atoms with Gasteiger partial charge in [-0.05, 0) is 32.1 Å². The number of hydrogen-bond donors (Lipinski definition) is 0. The van der Waals surface area contributed by atoms with E-state index in [4.69, 9.17) is 4.74 Å². The highest BCUT2D eigenvalue weighted by Gasteiger charge is 2.30. The largest absolute Gasteiger partial charge is 0.377 e. The number of nitrogens with zero attached hydrogens (tertiary/aromatic N) is 3. The van der Waals surface area contributed by atoms with Crippen molar-refractivity contribution in [3.05, 3.63) is 17.7 Å². The number of amides is 1. The summed E-state index contributed by atoms with van der Waals surface area (Å²) in [5.41, 5.74) is 1.15. The smallest absolute Gasteiger partial charge is 0.222 e. The predicted molar refractivity (Wildman–Crippen MR) is 84.5 cm³/mol. The molecule has 0 radical (unpaired) electrons. The fourth-order valence-corrected chi connectivity index (χ4v) is 4.00. The number of aryl methyl sites for hydroxylation is 1. The number of rotatable bonds is 5. The first kappa shape index (κ1) is 15.5. The summed E-state index contributed by atoms with van der Waals surface area (Å²) < 4.78 is 7.50. The van der Waals surface area contributed by atoms with Gasteiger partial charge in [-0.2, -0.15) is 0 Å². The van der Waals surface area contributed by atoms with Crippen molar-refractivity contribution < 1.29 is 9.53 Å². The second-order valence-electron chi connectivity index (χ2n) is 6.76. The Morgan fingerprint density at radius 3 is 2.86 bits per heavy atom. The van der Waals surface area contributed by atoms with Crippen LogP contribution in [0.2, 0.25) is 0 Å². The Bertz CT molecular complexity index is 520. The first-order valence-electron chi connectivity index (χ1n) is 8.48. The lowest BCUT2D eigenvalue weighted by Crippen LogP contribution is -2.30. The number of methoxy groups -OCH3 is 1. The molecule has 1 aromatic rings. The Hall–Kier alpha value is -1.36. The first-order valence-corrected chi connectivity index (χ1v) is 8.48. The van der Waals surface area contributed by atoms with Gasteiger partial charge >= 0.3 is 0 Å². The molecule has 1 saturated carbocycles. The van der Waals surface area contributed by atoms with Gasteiger partial charge in [-0.1, -0.05) is 12.8 Å². The molecule has 1 atom stereocenters. The molecule has 2 aliphatic rings. The van der Waals surface area contributed by atoms with E-state index in [1.807, 2.05) is 6.20 Å². The van der Waals surface area contributed by atoms with Crippen LogP contribution >= 0.6 is 0 Å². The first-order chi connectivity index (χ1) is 10.7. The van der Waals surface area contributed by atoms with Crippen molar-refractivity contribution in [2.45, 2.75) is 58.1 Å². The Morgan fingerprint density at radius 1 is 1.36 bits per heavy atom. The van der Waals surface area contributed by atoms with Crippen molar-refractivity contribution >= 4 is 5.91 Å². The molecule has 5 heteroatoms. The van der Waals surface area contributed by atoms with Gasteiger partial charge in [0.15, 0.2) is 0 Å². The van der Waals surface area contributed by atoms with E-state index in [1.165, 1.54) is 25.7 Å². The van der Waals surface area contributed by atoms with E-state index in [-0.39, 0.29) is 0 Å². The van der Waals surface area contributed by atoms with Crippen LogP contribution in [0.3, 0.4) is 0 Å². The quantitative estimate of drug-likeness (QED) is 0.840. The number of hydrogen-bond acceptors (Lipinski definition) is 3. The molecule has 5 nitrogen and oxygen atoms in total. The molecule has 3 rings (SSSR count). The third kappa shape index (κ3) is 3.19.